The first-order chi connectivity index (χ1) is 19.6. The van der Waals surface area contributed by atoms with Gasteiger partial charge in [0.1, 0.15) is 42.7 Å². The van der Waals surface area contributed by atoms with Crippen LogP contribution in [0.3, 0.4) is 0 Å². The summed E-state index contributed by atoms with van der Waals surface area (Å²) in [7, 11) is 0. The van der Waals surface area contributed by atoms with Crippen molar-refractivity contribution in [3.05, 3.63) is 0 Å². The van der Waals surface area contributed by atoms with E-state index in [9.17, 15) is 35.4 Å². The number of carbonyl (C=O) groups is 1. The van der Waals surface area contributed by atoms with Gasteiger partial charge in [0.15, 0.2) is 12.6 Å². The molecule has 16 N–H and O–H groups in total. The largest absolute Gasteiger partial charge is 0.395 e. The van der Waals surface area contributed by atoms with E-state index in [0.717, 1.165) is 0 Å². The van der Waals surface area contributed by atoms with Crippen LogP contribution in [0.15, 0.2) is 0 Å². The predicted octanol–water partition coefficient (Wildman–Crippen LogP) is -6.78. The number of nitrogens with two attached hydrogens (primary N) is 4. The molecule has 0 aromatic carbocycles. The third-order valence-corrected chi connectivity index (χ3v) is 7.81. The zero-order valence-electron chi connectivity index (χ0n) is 23.0. The van der Waals surface area contributed by atoms with Crippen LogP contribution in [-0.2, 0) is 23.7 Å². The summed E-state index contributed by atoms with van der Waals surface area (Å²) >= 11 is 0. The molecule has 1 amide bonds. The van der Waals surface area contributed by atoms with E-state index in [4.69, 9.17) is 41.9 Å². The van der Waals surface area contributed by atoms with E-state index in [-0.39, 0.29) is 45.2 Å². The van der Waals surface area contributed by atoms with Gasteiger partial charge < -0.3 is 83.2 Å². The first-order valence-corrected chi connectivity index (χ1v) is 14.1. The maximum atomic E-state index is 12.7. The Bertz CT molecular complexity index is 805. The van der Waals surface area contributed by atoms with Gasteiger partial charge in [-0.1, -0.05) is 0 Å². The van der Waals surface area contributed by atoms with Crippen molar-refractivity contribution in [1.29, 1.82) is 0 Å². The standard InChI is InChI=1S/C24H48N6O11/c25-4-3-14(33)22(37)30-13-7-12(28)20(40-23-11(27)2-1-10(8-26)38-23)19(36)21(13)41-24-18(35)16(29-5-6-31)17(34)15(9-32)39-24/h10-21,23-24,29,31-36H,1-9,25-28H2,(H,30,37)/t10?,11?,12-,13+,14-,15?,16-,17-,18?,19?,20?,21+,23-,24-/m0/s1. The van der Waals surface area contributed by atoms with E-state index in [1.807, 2.05) is 0 Å². The Kier molecular flexibility index (Phi) is 13.5. The summed E-state index contributed by atoms with van der Waals surface area (Å²) in [6, 6.07) is -3.43. The smallest absolute Gasteiger partial charge is 0.249 e. The fourth-order valence-electron chi connectivity index (χ4n) is 5.47. The summed E-state index contributed by atoms with van der Waals surface area (Å²) in [6.45, 7) is -0.599. The van der Waals surface area contributed by atoms with Gasteiger partial charge in [0.05, 0.1) is 37.4 Å². The molecule has 1 saturated carbocycles. The summed E-state index contributed by atoms with van der Waals surface area (Å²) in [4.78, 5) is 12.7. The summed E-state index contributed by atoms with van der Waals surface area (Å²) in [5.74, 6) is -0.771. The van der Waals surface area contributed by atoms with Crippen molar-refractivity contribution in [2.24, 2.45) is 22.9 Å². The van der Waals surface area contributed by atoms with Crippen LogP contribution in [0.2, 0.25) is 0 Å². The third-order valence-electron chi connectivity index (χ3n) is 7.81. The van der Waals surface area contributed by atoms with Gasteiger partial charge in [0.25, 0.3) is 0 Å². The Balaban J connectivity index is 1.85. The van der Waals surface area contributed by atoms with Crippen LogP contribution in [0.5, 0.6) is 0 Å². The Morgan fingerprint density at radius 2 is 1.66 bits per heavy atom. The highest BCUT2D eigenvalue weighted by molar-refractivity contribution is 5.80. The molecular formula is C24H48N6O11. The average molecular weight is 597 g/mol. The molecule has 240 valence electrons. The number of rotatable bonds is 13. The molecule has 41 heavy (non-hydrogen) atoms. The Morgan fingerprint density at radius 1 is 0.951 bits per heavy atom. The molecule has 3 fully saturated rings. The van der Waals surface area contributed by atoms with Gasteiger partial charge in [-0.25, -0.2) is 0 Å². The lowest BCUT2D eigenvalue weighted by atomic mass is 9.83. The van der Waals surface area contributed by atoms with E-state index in [1.165, 1.54) is 0 Å². The minimum absolute atomic E-state index is 0.0107. The van der Waals surface area contributed by atoms with Crippen molar-refractivity contribution in [2.75, 3.05) is 32.8 Å². The fraction of sp³-hybridized carbons (Fsp3) is 0.958. The van der Waals surface area contributed by atoms with Crippen molar-refractivity contribution in [2.45, 2.75) is 111 Å². The van der Waals surface area contributed by atoms with Gasteiger partial charge in [-0.15, -0.1) is 0 Å². The summed E-state index contributed by atoms with van der Waals surface area (Å²) in [5.41, 5.74) is 23.8. The maximum Gasteiger partial charge on any atom is 0.249 e. The van der Waals surface area contributed by atoms with Gasteiger partial charge in [0.2, 0.25) is 5.91 Å². The normalized spacial score (nSPS) is 42.5. The molecule has 17 heteroatoms. The van der Waals surface area contributed by atoms with E-state index >= 15 is 0 Å². The lowest BCUT2D eigenvalue weighted by molar-refractivity contribution is -0.316. The van der Waals surface area contributed by atoms with E-state index in [2.05, 4.69) is 10.6 Å². The van der Waals surface area contributed by atoms with Gasteiger partial charge in [-0.3, -0.25) is 4.79 Å². The second-order valence-corrected chi connectivity index (χ2v) is 10.8. The maximum absolute atomic E-state index is 12.7. The number of ether oxygens (including phenoxy) is 4. The van der Waals surface area contributed by atoms with Gasteiger partial charge in [0, 0.05) is 19.1 Å². The van der Waals surface area contributed by atoms with Crippen LogP contribution in [0.4, 0.5) is 0 Å². The first kappa shape index (κ1) is 34.4. The van der Waals surface area contributed by atoms with E-state index in [1.54, 1.807) is 0 Å². The van der Waals surface area contributed by atoms with E-state index in [0.29, 0.717) is 12.8 Å². The predicted molar refractivity (Wildman–Crippen MR) is 142 cm³/mol. The minimum Gasteiger partial charge on any atom is -0.395 e. The lowest BCUT2D eigenvalue weighted by Crippen LogP contribution is -2.69. The molecular weight excluding hydrogens is 548 g/mol. The molecule has 2 saturated heterocycles. The van der Waals surface area contributed by atoms with Crippen LogP contribution < -0.4 is 33.6 Å². The number of amides is 1. The van der Waals surface area contributed by atoms with Gasteiger partial charge >= 0.3 is 0 Å². The zero-order valence-corrected chi connectivity index (χ0v) is 23.0. The summed E-state index contributed by atoms with van der Waals surface area (Å²) in [6.07, 6.45) is -11.0. The molecule has 14 atom stereocenters. The van der Waals surface area contributed by atoms with Gasteiger partial charge in [-0.2, -0.15) is 0 Å². The highest BCUT2D eigenvalue weighted by Gasteiger charge is 2.51. The second-order valence-electron chi connectivity index (χ2n) is 10.8. The Labute approximate surface area is 238 Å². The van der Waals surface area contributed by atoms with Crippen LogP contribution in [0.1, 0.15) is 25.7 Å². The molecule has 0 bridgehead atoms. The highest BCUT2D eigenvalue weighted by atomic mass is 16.7. The minimum atomic E-state index is -1.53. The molecule has 6 unspecified atom stereocenters. The topological polar surface area (TPSA) is 304 Å². The van der Waals surface area contributed by atoms with Crippen LogP contribution in [-0.4, -0.2) is 155 Å². The number of aliphatic hydroxyl groups is 6. The molecule has 3 aliphatic rings. The Morgan fingerprint density at radius 3 is 2.29 bits per heavy atom. The quantitative estimate of drug-likeness (QED) is 0.0940. The third kappa shape index (κ3) is 8.49. The number of nitrogens with one attached hydrogen (secondary N) is 2. The SMILES string of the molecule is NCC[C@H](O)C(=O)N[C@@H]1C[C@H](N)C(O[C@@H]2OC(CN)CCC2N)C(O)[C@@H]1O[C@@H]1OC(CO)[C@H](O)[C@H](NCCO)C1O. The van der Waals surface area contributed by atoms with Crippen molar-refractivity contribution in [3.63, 3.8) is 0 Å². The summed E-state index contributed by atoms with van der Waals surface area (Å²) < 4.78 is 23.6. The van der Waals surface area contributed by atoms with E-state index < -0.39 is 92.0 Å². The van der Waals surface area contributed by atoms with Crippen LogP contribution in [0.25, 0.3) is 0 Å². The molecule has 3 rings (SSSR count). The molecule has 0 spiro atoms. The summed E-state index contributed by atoms with van der Waals surface area (Å²) in [5, 5.41) is 67.6. The highest BCUT2D eigenvalue weighted by Crippen LogP contribution is 2.31. The molecule has 0 radical (unpaired) electrons. The number of hydrogen-bond acceptors (Lipinski definition) is 16. The second kappa shape index (κ2) is 16.1. The molecule has 1 aliphatic carbocycles. The molecule has 17 nitrogen and oxygen atoms in total. The molecule has 2 heterocycles. The molecule has 0 aromatic heterocycles. The van der Waals surface area contributed by atoms with Gasteiger partial charge in [-0.05, 0) is 32.2 Å². The Hall–Kier alpha value is -1.13. The van der Waals surface area contributed by atoms with Crippen molar-refractivity contribution < 1.29 is 54.4 Å². The van der Waals surface area contributed by atoms with Crippen LogP contribution in [0, 0.1) is 0 Å². The number of carbonyl (C=O) groups excluding carboxylic acids is 1. The lowest BCUT2D eigenvalue weighted by Gasteiger charge is -2.48. The number of aliphatic hydroxyl groups excluding tert-OH is 6. The van der Waals surface area contributed by atoms with Crippen molar-refractivity contribution in [3.8, 4) is 0 Å². The molecule has 2 aliphatic heterocycles. The molecule has 0 aromatic rings. The van der Waals surface area contributed by atoms with Crippen LogP contribution >= 0.6 is 0 Å². The number of hydrogen-bond donors (Lipinski definition) is 12. The van der Waals surface area contributed by atoms with Crippen molar-refractivity contribution >= 4 is 5.91 Å². The van der Waals surface area contributed by atoms with Crippen molar-refractivity contribution in [1.82, 2.24) is 10.6 Å². The monoisotopic (exact) mass is 596 g/mol. The zero-order chi connectivity index (χ0) is 30.3. The fourth-order valence-corrected chi connectivity index (χ4v) is 5.47. The first-order valence-electron chi connectivity index (χ1n) is 14.1. The average Bonchev–Trinajstić information content (AvgIpc) is 2.95.